The summed E-state index contributed by atoms with van der Waals surface area (Å²) < 4.78 is 6.11. The topological polar surface area (TPSA) is 45.7 Å². The Kier molecular flexibility index (Phi) is 7.02. The molecule has 0 heterocycles. The Morgan fingerprint density at radius 1 is 1.25 bits per heavy atom. The molecule has 0 aliphatic heterocycles. The van der Waals surface area contributed by atoms with Crippen LogP contribution in [0.15, 0.2) is 33.7 Å². The van der Waals surface area contributed by atoms with E-state index in [0.29, 0.717) is 6.61 Å². The van der Waals surface area contributed by atoms with E-state index in [0.717, 1.165) is 23.5 Å². The third kappa shape index (κ3) is 5.51. The lowest BCUT2D eigenvalue weighted by Crippen LogP contribution is -2.44. The second-order valence-corrected chi connectivity index (χ2v) is 6.15. The molecule has 0 spiro atoms. The molecule has 0 saturated carbocycles. The van der Waals surface area contributed by atoms with Gasteiger partial charge in [-0.1, -0.05) is 41.9 Å². The summed E-state index contributed by atoms with van der Waals surface area (Å²) in [5, 5.41) is 6.56. The van der Waals surface area contributed by atoms with E-state index in [1.165, 1.54) is 5.56 Å². The van der Waals surface area contributed by atoms with Crippen LogP contribution in [0, 0.1) is 0 Å². The molecule has 0 aromatic heterocycles. The van der Waals surface area contributed by atoms with Crippen molar-refractivity contribution in [3.05, 3.63) is 34.3 Å². The minimum absolute atomic E-state index is 0.0274. The number of nitrogens with zero attached hydrogens (tertiary/aromatic N) is 1. The number of nitrogens with one attached hydrogen (secondary N) is 2. The molecule has 0 amide bonds. The molecule has 4 nitrogen and oxygen atoms in total. The number of aliphatic imine (C=N–C) groups is 1. The molecule has 0 unspecified atom stereocenters. The van der Waals surface area contributed by atoms with E-state index in [-0.39, 0.29) is 5.41 Å². The number of rotatable bonds is 6. The average Bonchev–Trinajstić information content (AvgIpc) is 2.43. The first kappa shape index (κ1) is 17.0. The van der Waals surface area contributed by atoms with Crippen molar-refractivity contribution in [3.8, 4) is 0 Å². The van der Waals surface area contributed by atoms with Gasteiger partial charge >= 0.3 is 0 Å². The summed E-state index contributed by atoms with van der Waals surface area (Å²) in [6, 6.07) is 8.44. The van der Waals surface area contributed by atoms with E-state index < -0.39 is 0 Å². The first-order valence-electron chi connectivity index (χ1n) is 6.69. The summed E-state index contributed by atoms with van der Waals surface area (Å²) in [4.78, 5) is 4.20. The number of hydrogen-bond acceptors (Lipinski definition) is 2. The Morgan fingerprint density at radius 3 is 2.45 bits per heavy atom. The Morgan fingerprint density at radius 2 is 1.90 bits per heavy atom. The Balaban J connectivity index is 2.55. The van der Waals surface area contributed by atoms with Crippen molar-refractivity contribution in [1.82, 2.24) is 10.6 Å². The summed E-state index contributed by atoms with van der Waals surface area (Å²) in [7, 11) is 3.46. The van der Waals surface area contributed by atoms with Gasteiger partial charge in [0.05, 0.1) is 6.61 Å². The molecule has 0 bridgehead atoms. The SMILES string of the molecule is CN=C(NCCOC)NCC(C)(C)c1ccc(Br)cc1. The molecule has 1 aromatic rings. The zero-order chi connectivity index (χ0) is 15.0. The number of guanidine groups is 1. The van der Waals surface area contributed by atoms with Gasteiger partial charge in [0.25, 0.3) is 0 Å². The lowest BCUT2D eigenvalue weighted by molar-refractivity contribution is 0.203. The fourth-order valence-corrected chi connectivity index (χ4v) is 2.06. The van der Waals surface area contributed by atoms with E-state index in [4.69, 9.17) is 4.74 Å². The zero-order valence-electron chi connectivity index (χ0n) is 12.7. The smallest absolute Gasteiger partial charge is 0.191 e. The van der Waals surface area contributed by atoms with Crippen LogP contribution in [0.25, 0.3) is 0 Å². The maximum atomic E-state index is 5.01. The van der Waals surface area contributed by atoms with E-state index >= 15 is 0 Å². The molecule has 1 rings (SSSR count). The van der Waals surface area contributed by atoms with Gasteiger partial charge in [0, 0.05) is 37.1 Å². The molecule has 0 saturated heterocycles. The van der Waals surface area contributed by atoms with E-state index in [2.05, 4.69) is 69.7 Å². The van der Waals surface area contributed by atoms with Crippen molar-refractivity contribution in [2.45, 2.75) is 19.3 Å². The van der Waals surface area contributed by atoms with Crippen molar-refractivity contribution < 1.29 is 4.74 Å². The number of benzene rings is 1. The van der Waals surface area contributed by atoms with Crippen LogP contribution < -0.4 is 10.6 Å². The molecule has 0 atom stereocenters. The maximum absolute atomic E-state index is 5.01. The van der Waals surface area contributed by atoms with Gasteiger partial charge in [-0.3, -0.25) is 4.99 Å². The van der Waals surface area contributed by atoms with E-state index in [1.54, 1.807) is 14.2 Å². The highest BCUT2D eigenvalue weighted by Gasteiger charge is 2.20. The second kappa shape index (κ2) is 8.27. The summed E-state index contributed by atoms with van der Waals surface area (Å²) in [6.45, 7) is 6.64. The number of ether oxygens (including phenoxy) is 1. The van der Waals surface area contributed by atoms with Gasteiger partial charge in [-0.15, -0.1) is 0 Å². The van der Waals surface area contributed by atoms with Crippen LogP contribution in [0.4, 0.5) is 0 Å². The van der Waals surface area contributed by atoms with Gasteiger partial charge in [-0.25, -0.2) is 0 Å². The lowest BCUT2D eigenvalue weighted by Gasteiger charge is -2.27. The molecule has 0 aliphatic rings. The van der Waals surface area contributed by atoms with Crippen molar-refractivity contribution in [2.75, 3.05) is 33.9 Å². The third-order valence-corrected chi connectivity index (χ3v) is 3.67. The van der Waals surface area contributed by atoms with Gasteiger partial charge in [0.2, 0.25) is 0 Å². The quantitative estimate of drug-likeness (QED) is 0.474. The van der Waals surface area contributed by atoms with E-state index in [9.17, 15) is 0 Å². The molecule has 20 heavy (non-hydrogen) atoms. The molecule has 112 valence electrons. The van der Waals surface area contributed by atoms with Crippen molar-refractivity contribution >= 4 is 21.9 Å². The van der Waals surface area contributed by atoms with Crippen LogP contribution in [0.5, 0.6) is 0 Å². The van der Waals surface area contributed by atoms with Crippen LogP contribution in [-0.2, 0) is 10.2 Å². The average molecular weight is 342 g/mol. The Hall–Kier alpha value is -1.07. The molecule has 0 aliphatic carbocycles. The molecule has 1 aromatic carbocycles. The standard InChI is InChI=1S/C15H24BrN3O/c1-15(2,12-5-7-13(16)8-6-12)11-19-14(17-3)18-9-10-20-4/h5-8H,9-11H2,1-4H3,(H2,17,18,19). The summed E-state index contributed by atoms with van der Waals surface area (Å²) in [5.41, 5.74) is 1.32. The first-order chi connectivity index (χ1) is 9.49. The zero-order valence-corrected chi connectivity index (χ0v) is 14.3. The minimum atomic E-state index is 0.0274. The van der Waals surface area contributed by atoms with Gasteiger partial charge in [0.15, 0.2) is 5.96 Å². The van der Waals surface area contributed by atoms with Crippen LogP contribution >= 0.6 is 15.9 Å². The molecule has 2 N–H and O–H groups in total. The number of methoxy groups -OCH3 is 1. The van der Waals surface area contributed by atoms with Crippen LogP contribution in [0.3, 0.4) is 0 Å². The van der Waals surface area contributed by atoms with Gasteiger partial charge in [0.1, 0.15) is 0 Å². The van der Waals surface area contributed by atoms with Crippen molar-refractivity contribution in [1.29, 1.82) is 0 Å². The fourth-order valence-electron chi connectivity index (χ4n) is 1.80. The molecule has 5 heteroatoms. The highest BCUT2D eigenvalue weighted by Crippen LogP contribution is 2.23. The summed E-state index contributed by atoms with van der Waals surface area (Å²) in [5.74, 6) is 0.798. The molecule has 0 fully saturated rings. The molecular formula is C15H24BrN3O. The lowest BCUT2D eigenvalue weighted by atomic mass is 9.85. The minimum Gasteiger partial charge on any atom is -0.383 e. The van der Waals surface area contributed by atoms with Crippen molar-refractivity contribution in [2.24, 2.45) is 4.99 Å². The Bertz CT molecular complexity index is 429. The summed E-state index contributed by atoms with van der Waals surface area (Å²) >= 11 is 3.46. The molecular weight excluding hydrogens is 318 g/mol. The number of hydrogen-bond donors (Lipinski definition) is 2. The molecule has 0 radical (unpaired) electrons. The number of halogens is 1. The maximum Gasteiger partial charge on any atom is 0.191 e. The van der Waals surface area contributed by atoms with Gasteiger partial charge in [-0.2, -0.15) is 0 Å². The summed E-state index contributed by atoms with van der Waals surface area (Å²) in [6.07, 6.45) is 0. The first-order valence-corrected chi connectivity index (χ1v) is 7.48. The third-order valence-electron chi connectivity index (χ3n) is 3.15. The van der Waals surface area contributed by atoms with Gasteiger partial charge in [-0.05, 0) is 17.7 Å². The predicted octanol–water partition coefficient (Wildman–Crippen LogP) is 2.54. The van der Waals surface area contributed by atoms with Crippen LogP contribution in [-0.4, -0.2) is 39.8 Å². The highest BCUT2D eigenvalue weighted by molar-refractivity contribution is 9.10. The van der Waals surface area contributed by atoms with Gasteiger partial charge < -0.3 is 15.4 Å². The fraction of sp³-hybridized carbons (Fsp3) is 0.533. The normalized spacial score (nSPS) is 12.3. The van der Waals surface area contributed by atoms with Crippen LogP contribution in [0.1, 0.15) is 19.4 Å². The largest absolute Gasteiger partial charge is 0.383 e. The van der Waals surface area contributed by atoms with Crippen LogP contribution in [0.2, 0.25) is 0 Å². The monoisotopic (exact) mass is 341 g/mol. The highest BCUT2D eigenvalue weighted by atomic mass is 79.9. The predicted molar refractivity (Wildman–Crippen MR) is 88.4 cm³/mol. The Labute approximate surface area is 130 Å². The van der Waals surface area contributed by atoms with Crippen molar-refractivity contribution in [3.63, 3.8) is 0 Å². The second-order valence-electron chi connectivity index (χ2n) is 5.24. The van der Waals surface area contributed by atoms with E-state index in [1.807, 2.05) is 0 Å².